The van der Waals surface area contributed by atoms with Crippen LogP contribution in [0.15, 0.2) is 59.0 Å². The maximum Gasteiger partial charge on any atom is 0.246 e. The number of halogens is 1. The fraction of sp³-hybridized carbons (Fsp3) is 0.250. The molecule has 2 rings (SSSR count). The Bertz CT molecular complexity index is 922. The highest BCUT2D eigenvalue weighted by molar-refractivity contribution is 7.89. The van der Waals surface area contributed by atoms with Crippen molar-refractivity contribution in [3.8, 4) is 0 Å². The number of hydrogen-bond donors (Lipinski definition) is 2. The van der Waals surface area contributed by atoms with E-state index in [0.29, 0.717) is 30.6 Å². The van der Waals surface area contributed by atoms with Gasteiger partial charge in [0.1, 0.15) is 5.82 Å². The largest absolute Gasteiger partial charge is 0.352 e. The lowest BCUT2D eigenvalue weighted by molar-refractivity contribution is -0.117. The van der Waals surface area contributed by atoms with Crippen LogP contribution in [0.4, 0.5) is 4.39 Å². The summed E-state index contributed by atoms with van der Waals surface area (Å²) in [7, 11) is -3.46. The van der Waals surface area contributed by atoms with Crippen molar-refractivity contribution in [1.82, 2.24) is 10.0 Å². The second kappa shape index (κ2) is 9.43. The molecule has 0 bridgehead atoms. The van der Waals surface area contributed by atoms with Gasteiger partial charge < -0.3 is 5.32 Å². The average molecular weight is 390 g/mol. The Morgan fingerprint density at radius 2 is 1.78 bits per heavy atom. The van der Waals surface area contributed by atoms with Crippen LogP contribution in [-0.4, -0.2) is 27.4 Å². The molecule has 0 aliphatic rings. The highest BCUT2D eigenvalue weighted by Crippen LogP contribution is 2.12. The van der Waals surface area contributed by atoms with Crippen LogP contribution in [0.5, 0.6) is 0 Å². The van der Waals surface area contributed by atoms with Gasteiger partial charge in [-0.2, -0.15) is 0 Å². The lowest BCUT2D eigenvalue weighted by Crippen LogP contribution is -2.26. The first kappa shape index (κ1) is 20.8. The number of carbonyl (C=O) groups is 1. The van der Waals surface area contributed by atoms with E-state index in [2.05, 4.69) is 10.0 Å². The fourth-order valence-corrected chi connectivity index (χ4v) is 3.50. The molecule has 5 nitrogen and oxygen atoms in total. The Labute approximate surface area is 159 Å². The molecule has 27 heavy (non-hydrogen) atoms. The summed E-state index contributed by atoms with van der Waals surface area (Å²) in [5.41, 5.74) is 1.68. The lowest BCUT2D eigenvalue weighted by Gasteiger charge is -2.08. The molecule has 0 radical (unpaired) electrons. The van der Waals surface area contributed by atoms with Gasteiger partial charge in [-0.05, 0) is 43.2 Å². The summed E-state index contributed by atoms with van der Waals surface area (Å²) in [5, 5.41) is 2.78. The molecule has 2 N–H and O–H groups in total. The molecule has 0 saturated heterocycles. The maximum atomic E-state index is 13.6. The maximum absolute atomic E-state index is 13.6. The first-order valence-corrected chi connectivity index (χ1v) is 10.1. The van der Waals surface area contributed by atoms with E-state index in [1.54, 1.807) is 56.3 Å². The van der Waals surface area contributed by atoms with Crippen LogP contribution in [0.1, 0.15) is 25.0 Å². The second-order valence-electron chi connectivity index (χ2n) is 6.00. The molecule has 144 valence electrons. The van der Waals surface area contributed by atoms with Crippen molar-refractivity contribution in [2.45, 2.75) is 25.2 Å². The number of sulfonamides is 1. The zero-order valence-electron chi connectivity index (χ0n) is 15.3. The molecule has 2 aromatic rings. The molecular formula is C20H23FN2O3S. The molecular weight excluding hydrogens is 367 g/mol. The van der Waals surface area contributed by atoms with Crippen LogP contribution in [-0.2, 0) is 21.2 Å². The van der Waals surface area contributed by atoms with Gasteiger partial charge in [-0.1, -0.05) is 37.3 Å². The number of rotatable bonds is 8. The quantitative estimate of drug-likeness (QED) is 0.681. The molecule has 0 aliphatic heterocycles. The van der Waals surface area contributed by atoms with Crippen molar-refractivity contribution < 1.29 is 17.6 Å². The van der Waals surface area contributed by atoms with Gasteiger partial charge in [-0.25, -0.2) is 17.5 Å². The van der Waals surface area contributed by atoms with Crippen LogP contribution in [0, 0.1) is 5.82 Å². The highest BCUT2D eigenvalue weighted by atomic mass is 32.2. The summed E-state index contributed by atoms with van der Waals surface area (Å²) in [6.45, 7) is 4.07. The molecule has 0 unspecified atom stereocenters. The summed E-state index contributed by atoms with van der Waals surface area (Å²) >= 11 is 0. The number of nitrogens with one attached hydrogen (secondary N) is 2. The van der Waals surface area contributed by atoms with Crippen molar-refractivity contribution in [3.63, 3.8) is 0 Å². The van der Waals surface area contributed by atoms with Crippen LogP contribution in [0.25, 0.3) is 6.08 Å². The predicted molar refractivity (Wildman–Crippen MR) is 104 cm³/mol. The van der Waals surface area contributed by atoms with Gasteiger partial charge in [0.25, 0.3) is 0 Å². The minimum absolute atomic E-state index is 0.209. The van der Waals surface area contributed by atoms with Gasteiger partial charge in [-0.3, -0.25) is 4.79 Å². The van der Waals surface area contributed by atoms with E-state index < -0.39 is 10.0 Å². The van der Waals surface area contributed by atoms with Crippen molar-refractivity contribution in [3.05, 3.63) is 71.0 Å². The Kier molecular flexibility index (Phi) is 7.27. The molecule has 0 aromatic heterocycles. The van der Waals surface area contributed by atoms with Crippen LogP contribution in [0.3, 0.4) is 0 Å². The zero-order valence-corrected chi connectivity index (χ0v) is 16.1. The normalized spacial score (nSPS) is 12.0. The molecule has 0 spiro atoms. The summed E-state index contributed by atoms with van der Waals surface area (Å²) in [4.78, 5) is 12.3. The van der Waals surface area contributed by atoms with Gasteiger partial charge in [0, 0.05) is 24.2 Å². The molecule has 0 saturated carbocycles. The summed E-state index contributed by atoms with van der Waals surface area (Å²) in [6.07, 6.45) is 2.06. The minimum atomic E-state index is -3.46. The first-order valence-electron chi connectivity index (χ1n) is 8.63. The van der Waals surface area contributed by atoms with E-state index in [4.69, 9.17) is 0 Å². The topological polar surface area (TPSA) is 75.3 Å². The Balaban J connectivity index is 1.90. The lowest BCUT2D eigenvalue weighted by atomic mass is 10.1. The number of hydrogen-bond acceptors (Lipinski definition) is 3. The monoisotopic (exact) mass is 390 g/mol. The Hall–Kier alpha value is -2.51. The standard InChI is InChI=1S/C20H23FN2O3S/c1-3-23-27(25,26)18-10-8-16(9-11-18)12-13-22-20(24)15(2)14-17-6-4-5-7-19(17)21/h4-11,14,23H,3,12-13H2,1-2H3,(H,22,24). The predicted octanol–water partition coefficient (Wildman–Crippen LogP) is 2.89. The molecule has 0 fully saturated rings. The van der Waals surface area contributed by atoms with E-state index >= 15 is 0 Å². The number of carbonyl (C=O) groups excluding carboxylic acids is 1. The third-order valence-corrected chi connectivity index (χ3v) is 5.46. The summed E-state index contributed by atoms with van der Waals surface area (Å²) in [6, 6.07) is 12.8. The zero-order chi connectivity index (χ0) is 19.9. The van der Waals surface area contributed by atoms with Gasteiger partial charge in [0.2, 0.25) is 15.9 Å². The number of amides is 1. The van der Waals surface area contributed by atoms with Crippen molar-refractivity contribution in [2.24, 2.45) is 0 Å². The molecule has 0 heterocycles. The Morgan fingerprint density at radius 1 is 1.11 bits per heavy atom. The van der Waals surface area contributed by atoms with Crippen molar-refractivity contribution in [2.75, 3.05) is 13.1 Å². The van der Waals surface area contributed by atoms with Gasteiger partial charge >= 0.3 is 0 Å². The fourth-order valence-electron chi connectivity index (χ4n) is 2.46. The van der Waals surface area contributed by atoms with Gasteiger partial charge in [-0.15, -0.1) is 0 Å². The minimum Gasteiger partial charge on any atom is -0.352 e. The SMILES string of the molecule is CCNS(=O)(=O)c1ccc(CCNC(=O)C(C)=Cc2ccccc2F)cc1. The van der Waals surface area contributed by atoms with E-state index in [9.17, 15) is 17.6 Å². The Morgan fingerprint density at radius 3 is 2.41 bits per heavy atom. The third kappa shape index (κ3) is 6.01. The van der Waals surface area contributed by atoms with Crippen LogP contribution < -0.4 is 10.0 Å². The third-order valence-electron chi connectivity index (χ3n) is 3.90. The highest BCUT2D eigenvalue weighted by Gasteiger charge is 2.12. The molecule has 0 aliphatic carbocycles. The van der Waals surface area contributed by atoms with E-state index in [-0.39, 0.29) is 16.6 Å². The average Bonchev–Trinajstić information content (AvgIpc) is 2.64. The van der Waals surface area contributed by atoms with E-state index in [0.717, 1.165) is 5.56 Å². The van der Waals surface area contributed by atoms with Crippen molar-refractivity contribution >= 4 is 22.0 Å². The molecule has 2 aromatic carbocycles. The van der Waals surface area contributed by atoms with E-state index in [1.165, 1.54) is 12.1 Å². The molecule has 1 amide bonds. The molecule has 7 heteroatoms. The second-order valence-corrected chi connectivity index (χ2v) is 7.77. The van der Waals surface area contributed by atoms with Crippen LogP contribution >= 0.6 is 0 Å². The van der Waals surface area contributed by atoms with Crippen LogP contribution in [0.2, 0.25) is 0 Å². The first-order chi connectivity index (χ1) is 12.8. The van der Waals surface area contributed by atoms with E-state index in [1.807, 2.05) is 0 Å². The van der Waals surface area contributed by atoms with Gasteiger partial charge in [0.15, 0.2) is 0 Å². The number of benzene rings is 2. The smallest absolute Gasteiger partial charge is 0.246 e. The van der Waals surface area contributed by atoms with Gasteiger partial charge in [0.05, 0.1) is 4.90 Å². The van der Waals surface area contributed by atoms with Crippen molar-refractivity contribution in [1.29, 1.82) is 0 Å². The summed E-state index contributed by atoms with van der Waals surface area (Å²) < 4.78 is 39.9. The molecule has 0 atom stereocenters. The summed E-state index contributed by atoms with van der Waals surface area (Å²) in [5.74, 6) is -0.651.